The van der Waals surface area contributed by atoms with Crippen LogP contribution >= 0.6 is 0 Å². The predicted octanol–water partition coefficient (Wildman–Crippen LogP) is 6.91. The zero-order valence-electron chi connectivity index (χ0n) is 24.4. The lowest BCUT2D eigenvalue weighted by molar-refractivity contribution is -0.137. The number of rotatable bonds is 8. The number of nitrogens with one attached hydrogen (secondary N) is 1. The van der Waals surface area contributed by atoms with Crippen molar-refractivity contribution in [2.45, 2.75) is 32.5 Å². The summed E-state index contributed by atoms with van der Waals surface area (Å²) in [7, 11) is 0. The molecule has 0 radical (unpaired) electrons. The van der Waals surface area contributed by atoms with Gasteiger partial charge in [0.1, 0.15) is 6.04 Å². The van der Waals surface area contributed by atoms with Crippen LogP contribution in [-0.2, 0) is 17.4 Å². The molecule has 6 nitrogen and oxygen atoms in total. The molecule has 1 aliphatic heterocycles. The van der Waals surface area contributed by atoms with Gasteiger partial charge in [-0.05, 0) is 78.9 Å². The van der Waals surface area contributed by atoms with Gasteiger partial charge in [-0.3, -0.25) is 14.4 Å². The van der Waals surface area contributed by atoms with Gasteiger partial charge < -0.3 is 15.1 Å². The zero-order chi connectivity index (χ0) is 31.4. The first-order chi connectivity index (χ1) is 21.1. The van der Waals surface area contributed by atoms with Crippen LogP contribution in [-0.4, -0.2) is 42.3 Å². The smallest absolute Gasteiger partial charge is 0.341 e. The van der Waals surface area contributed by atoms with Gasteiger partial charge in [-0.15, -0.1) is 0 Å². The van der Waals surface area contributed by atoms with Crippen LogP contribution in [0.2, 0.25) is 0 Å². The Balaban J connectivity index is 1.38. The zero-order valence-corrected chi connectivity index (χ0v) is 24.4. The first-order valence-corrected chi connectivity index (χ1v) is 14.5. The third-order valence-corrected chi connectivity index (χ3v) is 7.89. The summed E-state index contributed by atoms with van der Waals surface area (Å²) in [6.45, 7) is 5.19. The number of halogens is 3. The fourth-order valence-electron chi connectivity index (χ4n) is 5.52. The molecule has 0 bridgehead atoms. The summed E-state index contributed by atoms with van der Waals surface area (Å²) in [4.78, 5) is 43.8. The van der Waals surface area contributed by atoms with Crippen LogP contribution in [0.4, 0.5) is 18.9 Å². The molecule has 44 heavy (non-hydrogen) atoms. The highest BCUT2D eigenvalue weighted by Gasteiger charge is 2.32. The fraction of sp³-hybridized carbons (Fsp3) is 0.229. The first-order valence-electron chi connectivity index (χ1n) is 14.5. The number of hydrogen-bond acceptors (Lipinski definition) is 3. The third kappa shape index (κ3) is 6.22. The Morgan fingerprint density at radius 1 is 0.864 bits per heavy atom. The number of alkyl halides is 3. The molecule has 4 aromatic carbocycles. The van der Waals surface area contributed by atoms with E-state index in [1.165, 1.54) is 12.1 Å². The van der Waals surface area contributed by atoms with Gasteiger partial charge in [0, 0.05) is 36.4 Å². The minimum Gasteiger partial charge on any atom is -0.341 e. The second-order valence-corrected chi connectivity index (χ2v) is 10.5. The van der Waals surface area contributed by atoms with Crippen molar-refractivity contribution in [2.24, 2.45) is 0 Å². The second-order valence-electron chi connectivity index (χ2n) is 10.5. The highest BCUT2D eigenvalue weighted by molar-refractivity contribution is 6.11. The van der Waals surface area contributed by atoms with E-state index in [1.807, 2.05) is 32.0 Å². The summed E-state index contributed by atoms with van der Waals surface area (Å²) in [5.41, 5.74) is 3.16. The Morgan fingerprint density at radius 2 is 1.52 bits per heavy atom. The van der Waals surface area contributed by atoms with E-state index in [0.717, 1.165) is 17.7 Å². The van der Waals surface area contributed by atoms with E-state index in [2.05, 4.69) is 5.32 Å². The Kier molecular flexibility index (Phi) is 8.85. The van der Waals surface area contributed by atoms with Crippen molar-refractivity contribution >= 4 is 23.4 Å². The average molecular weight is 600 g/mol. The van der Waals surface area contributed by atoms with Gasteiger partial charge in [0.25, 0.3) is 11.8 Å². The minimum atomic E-state index is -4.45. The number of nitrogens with zero attached hydrogens (tertiary/aromatic N) is 2. The van der Waals surface area contributed by atoms with Crippen LogP contribution in [0.15, 0.2) is 97.1 Å². The van der Waals surface area contributed by atoms with Crippen LogP contribution in [0.5, 0.6) is 0 Å². The van der Waals surface area contributed by atoms with Gasteiger partial charge in [0.15, 0.2) is 0 Å². The Hall–Kier alpha value is -4.92. The molecule has 0 saturated carbocycles. The number of likely N-dealkylation sites (N-methyl/N-ethyl adjacent to an activating group) is 1. The Bertz CT molecular complexity index is 1670. The van der Waals surface area contributed by atoms with E-state index >= 15 is 0 Å². The van der Waals surface area contributed by atoms with E-state index < -0.39 is 23.7 Å². The van der Waals surface area contributed by atoms with Crippen LogP contribution < -0.4 is 10.2 Å². The standard InChI is InChI=1S/C35H32F3N3O3/c1-3-40(4-2)34(44)31(24-10-6-5-7-11-24)39-32(42)26-16-19-30-25(22-26)20-21-41(30)33(43)29-13-9-8-12-28(29)23-14-17-27(18-15-23)35(36,37)38/h5-19,22,31H,3-4,20-21H2,1-2H3,(H,39,42). The summed E-state index contributed by atoms with van der Waals surface area (Å²) >= 11 is 0. The number of benzene rings is 4. The maximum atomic E-state index is 13.8. The van der Waals surface area contributed by atoms with Crippen LogP contribution in [0.1, 0.15) is 57.3 Å². The number of fused-ring (bicyclic) bond motifs is 1. The molecule has 0 aromatic heterocycles. The van der Waals surface area contributed by atoms with Crippen molar-refractivity contribution in [3.05, 3.63) is 125 Å². The molecule has 4 aromatic rings. The van der Waals surface area contributed by atoms with E-state index in [1.54, 1.807) is 64.4 Å². The van der Waals surface area contributed by atoms with Crippen LogP contribution in [0.25, 0.3) is 11.1 Å². The number of carbonyl (C=O) groups excluding carboxylic acids is 3. The van der Waals surface area contributed by atoms with E-state index in [9.17, 15) is 27.6 Å². The Morgan fingerprint density at radius 3 is 2.18 bits per heavy atom. The van der Waals surface area contributed by atoms with Crippen molar-refractivity contribution in [1.29, 1.82) is 0 Å². The van der Waals surface area contributed by atoms with Crippen molar-refractivity contribution in [1.82, 2.24) is 10.2 Å². The predicted molar refractivity (Wildman–Crippen MR) is 163 cm³/mol. The quantitative estimate of drug-likeness (QED) is 0.239. The van der Waals surface area contributed by atoms with Gasteiger partial charge in [-0.1, -0.05) is 60.7 Å². The molecule has 1 unspecified atom stereocenters. The molecule has 0 saturated heterocycles. The van der Waals surface area contributed by atoms with E-state index in [4.69, 9.17) is 0 Å². The molecule has 3 amide bonds. The lowest BCUT2D eigenvalue weighted by Crippen LogP contribution is -2.42. The molecule has 1 atom stereocenters. The van der Waals surface area contributed by atoms with Gasteiger partial charge >= 0.3 is 6.18 Å². The molecule has 1 heterocycles. The maximum Gasteiger partial charge on any atom is 0.416 e. The fourth-order valence-corrected chi connectivity index (χ4v) is 5.52. The van der Waals surface area contributed by atoms with Gasteiger partial charge in [0.2, 0.25) is 5.91 Å². The number of anilines is 1. The van der Waals surface area contributed by atoms with Crippen molar-refractivity contribution in [2.75, 3.05) is 24.5 Å². The lowest BCUT2D eigenvalue weighted by atomic mass is 9.97. The van der Waals surface area contributed by atoms with E-state index in [-0.39, 0.29) is 11.8 Å². The average Bonchev–Trinajstić information content (AvgIpc) is 3.47. The summed E-state index contributed by atoms with van der Waals surface area (Å²) in [6.07, 6.45) is -3.93. The molecular weight excluding hydrogens is 567 g/mol. The monoisotopic (exact) mass is 599 g/mol. The largest absolute Gasteiger partial charge is 0.416 e. The molecule has 0 aliphatic carbocycles. The lowest BCUT2D eigenvalue weighted by Gasteiger charge is -2.26. The normalized spacial score (nSPS) is 13.2. The van der Waals surface area contributed by atoms with Gasteiger partial charge in [-0.25, -0.2) is 0 Å². The molecule has 226 valence electrons. The van der Waals surface area contributed by atoms with E-state index in [0.29, 0.717) is 59.6 Å². The summed E-state index contributed by atoms with van der Waals surface area (Å²) < 4.78 is 39.3. The maximum absolute atomic E-state index is 13.8. The summed E-state index contributed by atoms with van der Waals surface area (Å²) in [5, 5.41) is 2.91. The van der Waals surface area contributed by atoms with Crippen LogP contribution in [0, 0.1) is 0 Å². The SMILES string of the molecule is CCN(CC)C(=O)C(NC(=O)c1ccc2c(c1)CCN2C(=O)c1ccccc1-c1ccc(C(F)(F)F)cc1)c1ccccc1. The third-order valence-electron chi connectivity index (χ3n) is 7.89. The molecule has 0 spiro atoms. The number of amides is 3. The first kappa shape index (κ1) is 30.5. The van der Waals surface area contributed by atoms with Crippen molar-refractivity contribution in [3.8, 4) is 11.1 Å². The topological polar surface area (TPSA) is 69.7 Å². The molecule has 5 rings (SSSR count). The Labute approximate surface area is 254 Å². The van der Waals surface area contributed by atoms with Gasteiger partial charge in [-0.2, -0.15) is 13.2 Å². The molecule has 1 N–H and O–H groups in total. The molecule has 0 fully saturated rings. The summed E-state index contributed by atoms with van der Waals surface area (Å²) in [5.74, 6) is -0.885. The highest BCUT2D eigenvalue weighted by atomic mass is 19.4. The van der Waals surface area contributed by atoms with Crippen molar-refractivity contribution < 1.29 is 27.6 Å². The van der Waals surface area contributed by atoms with Crippen molar-refractivity contribution in [3.63, 3.8) is 0 Å². The number of hydrogen-bond donors (Lipinski definition) is 1. The molecule has 9 heteroatoms. The number of carbonyl (C=O) groups is 3. The minimum absolute atomic E-state index is 0.195. The second kappa shape index (κ2) is 12.8. The molecule has 1 aliphatic rings. The molecular formula is C35H32F3N3O3. The van der Waals surface area contributed by atoms with Crippen LogP contribution in [0.3, 0.4) is 0 Å². The summed E-state index contributed by atoms with van der Waals surface area (Å²) in [6, 6.07) is 24.9. The van der Waals surface area contributed by atoms with Gasteiger partial charge in [0.05, 0.1) is 5.56 Å². The highest BCUT2D eigenvalue weighted by Crippen LogP contribution is 2.35.